The first-order valence-corrected chi connectivity index (χ1v) is 6.61. The molecule has 0 fully saturated rings. The van der Waals surface area contributed by atoms with Gasteiger partial charge in [0.25, 0.3) is 0 Å². The predicted octanol–water partition coefficient (Wildman–Crippen LogP) is 4.96. The molecule has 0 bridgehead atoms. The van der Waals surface area contributed by atoms with Crippen molar-refractivity contribution in [3.05, 3.63) is 21.3 Å². The van der Waals surface area contributed by atoms with Crippen molar-refractivity contribution in [1.29, 1.82) is 0 Å². The van der Waals surface area contributed by atoms with Gasteiger partial charge in [0.1, 0.15) is 0 Å². The molecule has 14 heavy (non-hydrogen) atoms. The molecule has 1 atom stereocenters. The minimum absolute atomic E-state index is 0.805. The lowest BCUT2D eigenvalue weighted by molar-refractivity contribution is 0.452. The molecule has 0 aliphatic heterocycles. The highest BCUT2D eigenvalue weighted by Crippen LogP contribution is 2.27. The zero-order chi connectivity index (χ0) is 10.4. The number of hydrogen-bond acceptors (Lipinski definition) is 1. The monoisotopic (exact) mass is 229 g/mol. The van der Waals surface area contributed by atoms with Gasteiger partial charge in [0, 0.05) is 10.3 Å². The lowest BCUT2D eigenvalue weighted by Crippen LogP contribution is -2.02. The Labute approximate surface area is 96.3 Å². The summed E-state index contributed by atoms with van der Waals surface area (Å²) in [7, 11) is 0. The number of thiophene rings is 1. The molecule has 0 saturated heterocycles. The van der Waals surface area contributed by atoms with Gasteiger partial charge in [0.05, 0.1) is 5.02 Å². The summed E-state index contributed by atoms with van der Waals surface area (Å²) < 4.78 is 0. The third kappa shape index (κ3) is 3.62. The molecular formula is C12H18ClS. The average molecular weight is 230 g/mol. The van der Waals surface area contributed by atoms with E-state index in [-0.39, 0.29) is 0 Å². The van der Waals surface area contributed by atoms with Crippen molar-refractivity contribution < 1.29 is 0 Å². The maximum Gasteiger partial charge on any atom is 0.0551 e. The van der Waals surface area contributed by atoms with Crippen molar-refractivity contribution >= 4 is 22.9 Å². The van der Waals surface area contributed by atoms with Crippen LogP contribution in [-0.4, -0.2) is 0 Å². The van der Waals surface area contributed by atoms with E-state index in [2.05, 4.69) is 19.2 Å². The molecule has 0 nitrogen and oxygen atoms in total. The van der Waals surface area contributed by atoms with Crippen LogP contribution in [0.3, 0.4) is 0 Å². The molecule has 0 aliphatic rings. The highest BCUT2D eigenvalue weighted by atomic mass is 35.5. The highest BCUT2D eigenvalue weighted by molar-refractivity contribution is 7.10. The van der Waals surface area contributed by atoms with Crippen molar-refractivity contribution in [2.45, 2.75) is 46.0 Å². The van der Waals surface area contributed by atoms with Gasteiger partial charge in [-0.1, -0.05) is 51.1 Å². The van der Waals surface area contributed by atoms with Crippen LogP contribution < -0.4 is 0 Å². The van der Waals surface area contributed by atoms with E-state index in [1.165, 1.54) is 30.6 Å². The van der Waals surface area contributed by atoms with Crippen molar-refractivity contribution in [2.24, 2.45) is 5.92 Å². The van der Waals surface area contributed by atoms with Crippen LogP contribution in [0.1, 0.15) is 44.4 Å². The number of halogens is 1. The molecule has 2 heteroatoms. The number of unbranched alkanes of at least 4 members (excludes halogenated alkanes) is 1. The summed E-state index contributed by atoms with van der Waals surface area (Å²) in [5.41, 5.74) is 0. The molecule has 0 aliphatic carbocycles. The molecule has 0 spiro atoms. The van der Waals surface area contributed by atoms with Crippen molar-refractivity contribution in [3.8, 4) is 0 Å². The molecule has 79 valence electrons. The van der Waals surface area contributed by atoms with E-state index < -0.39 is 0 Å². The van der Waals surface area contributed by atoms with Gasteiger partial charge in [-0.05, 0) is 18.4 Å². The Balaban J connectivity index is 2.44. The minimum Gasteiger partial charge on any atom is -0.138 e. The van der Waals surface area contributed by atoms with Crippen LogP contribution in [0, 0.1) is 11.3 Å². The first-order valence-electron chi connectivity index (χ1n) is 5.42. The molecule has 1 radical (unpaired) electrons. The van der Waals surface area contributed by atoms with Crippen LogP contribution in [0.2, 0.25) is 5.02 Å². The Morgan fingerprint density at radius 3 is 2.79 bits per heavy atom. The standard InChI is InChI=1S/C12H18ClS/c1-3-5-6-10(4-2)9-12-11(13)7-8-14-12/h7,10H,3-6,9H2,1-2H3. The van der Waals surface area contributed by atoms with Crippen LogP contribution in [0.5, 0.6) is 0 Å². The van der Waals surface area contributed by atoms with Gasteiger partial charge in [0.15, 0.2) is 0 Å². The molecule has 0 N–H and O–H groups in total. The van der Waals surface area contributed by atoms with Crippen molar-refractivity contribution in [2.75, 3.05) is 0 Å². The first-order chi connectivity index (χ1) is 6.77. The number of hydrogen-bond donors (Lipinski definition) is 0. The quantitative estimate of drug-likeness (QED) is 0.647. The smallest absolute Gasteiger partial charge is 0.0551 e. The summed E-state index contributed by atoms with van der Waals surface area (Å²) in [6, 6.07) is 1.88. The van der Waals surface area contributed by atoms with Crippen molar-refractivity contribution in [3.63, 3.8) is 0 Å². The Morgan fingerprint density at radius 1 is 1.50 bits per heavy atom. The van der Waals surface area contributed by atoms with E-state index in [1.54, 1.807) is 11.3 Å². The summed E-state index contributed by atoms with van der Waals surface area (Å²) in [6.07, 6.45) is 6.37. The van der Waals surface area contributed by atoms with Crippen LogP contribution in [0.15, 0.2) is 6.07 Å². The van der Waals surface area contributed by atoms with E-state index in [1.807, 2.05) is 6.07 Å². The largest absolute Gasteiger partial charge is 0.138 e. The van der Waals surface area contributed by atoms with E-state index >= 15 is 0 Å². The number of rotatable bonds is 6. The van der Waals surface area contributed by atoms with Crippen LogP contribution in [0.25, 0.3) is 0 Å². The molecule has 1 rings (SSSR count). The molecule has 1 unspecified atom stereocenters. The predicted molar refractivity (Wildman–Crippen MR) is 65.2 cm³/mol. The summed E-state index contributed by atoms with van der Waals surface area (Å²) in [6.45, 7) is 4.52. The molecule has 1 aromatic rings. The Bertz CT molecular complexity index is 255. The van der Waals surface area contributed by atoms with Crippen LogP contribution in [-0.2, 0) is 6.42 Å². The second-order valence-corrected chi connectivity index (χ2v) is 5.10. The summed E-state index contributed by atoms with van der Waals surface area (Å²) in [5.74, 6) is 0.805. The molecule has 0 aromatic carbocycles. The zero-order valence-electron chi connectivity index (χ0n) is 8.98. The third-order valence-electron chi connectivity index (χ3n) is 2.65. The first kappa shape index (κ1) is 12.1. The zero-order valence-corrected chi connectivity index (χ0v) is 10.5. The van der Waals surface area contributed by atoms with E-state index in [9.17, 15) is 0 Å². The summed E-state index contributed by atoms with van der Waals surface area (Å²) in [5, 5.41) is 4.00. The third-order valence-corrected chi connectivity index (χ3v) is 3.97. The molecule has 0 amide bonds. The fourth-order valence-corrected chi connectivity index (χ4v) is 2.73. The summed E-state index contributed by atoms with van der Waals surface area (Å²) >= 11 is 7.72. The van der Waals surface area contributed by atoms with Gasteiger partial charge in [-0.25, -0.2) is 0 Å². The van der Waals surface area contributed by atoms with Gasteiger partial charge in [-0.15, -0.1) is 11.3 Å². The maximum absolute atomic E-state index is 6.05. The van der Waals surface area contributed by atoms with Gasteiger partial charge >= 0.3 is 0 Å². The topological polar surface area (TPSA) is 0 Å². The van der Waals surface area contributed by atoms with Gasteiger partial charge in [-0.2, -0.15) is 0 Å². The second-order valence-electron chi connectivity index (χ2n) is 3.76. The summed E-state index contributed by atoms with van der Waals surface area (Å²) in [4.78, 5) is 1.31. The van der Waals surface area contributed by atoms with Gasteiger partial charge in [0.2, 0.25) is 0 Å². The molecule has 0 saturated carbocycles. The minimum atomic E-state index is 0.805. The van der Waals surface area contributed by atoms with E-state index in [0.29, 0.717) is 0 Å². The average Bonchev–Trinajstić information content (AvgIpc) is 2.59. The fraction of sp³-hybridized carbons (Fsp3) is 0.667. The van der Waals surface area contributed by atoms with Gasteiger partial charge in [-0.3, -0.25) is 0 Å². The fourth-order valence-electron chi connectivity index (χ4n) is 1.63. The highest BCUT2D eigenvalue weighted by Gasteiger charge is 2.10. The second kappa shape index (κ2) is 6.47. The maximum atomic E-state index is 6.05. The van der Waals surface area contributed by atoms with Gasteiger partial charge < -0.3 is 0 Å². The lowest BCUT2D eigenvalue weighted by atomic mass is 9.95. The Morgan fingerprint density at radius 2 is 2.29 bits per heavy atom. The SMILES string of the molecule is CCCCC(CC)Cc1s[c]cc1Cl. The van der Waals surface area contributed by atoms with Crippen molar-refractivity contribution in [1.82, 2.24) is 0 Å². The molecule has 1 aromatic heterocycles. The molecular weight excluding hydrogens is 212 g/mol. The van der Waals surface area contributed by atoms with E-state index in [0.717, 1.165) is 17.4 Å². The molecule has 1 heterocycles. The van der Waals surface area contributed by atoms with Crippen LogP contribution in [0.4, 0.5) is 0 Å². The Hall–Kier alpha value is -0.0100. The van der Waals surface area contributed by atoms with Crippen LogP contribution >= 0.6 is 22.9 Å². The Kier molecular flexibility index (Phi) is 5.57. The lowest BCUT2D eigenvalue weighted by Gasteiger charge is -2.13. The van der Waals surface area contributed by atoms with E-state index in [4.69, 9.17) is 11.6 Å². The normalized spacial score (nSPS) is 13.1.